The van der Waals surface area contributed by atoms with Gasteiger partial charge < -0.3 is 0 Å². The maximum absolute atomic E-state index is 5.68. The zero-order valence-corrected chi connectivity index (χ0v) is 30.8. The van der Waals surface area contributed by atoms with Crippen LogP contribution in [0.4, 0.5) is 0 Å². The first-order valence-corrected chi connectivity index (χ1v) is 19.4. The summed E-state index contributed by atoms with van der Waals surface area (Å²) in [6.45, 7) is 0. The molecule has 0 bridgehead atoms. The summed E-state index contributed by atoms with van der Waals surface area (Å²) < 4.78 is 0. The van der Waals surface area contributed by atoms with Crippen LogP contribution in [-0.2, 0) is 5.41 Å². The van der Waals surface area contributed by atoms with Gasteiger partial charge in [0.1, 0.15) is 0 Å². The normalized spacial score (nSPS) is 13.1. The molecule has 0 amide bonds. The summed E-state index contributed by atoms with van der Waals surface area (Å²) in [5, 5.41) is 4.61. The number of aromatic nitrogens is 4. The van der Waals surface area contributed by atoms with Gasteiger partial charge in [-0.1, -0.05) is 182 Å². The van der Waals surface area contributed by atoms with Crippen LogP contribution in [0.5, 0.6) is 0 Å². The van der Waals surface area contributed by atoms with Crippen molar-refractivity contribution in [1.82, 2.24) is 19.9 Å². The summed E-state index contributed by atoms with van der Waals surface area (Å²) in [7, 11) is 0. The minimum Gasteiger partial charge on any atom is -0.247 e. The molecule has 0 fully saturated rings. The Hall–Kier alpha value is -7.56. The fourth-order valence-electron chi connectivity index (χ4n) is 9.47. The van der Waals surface area contributed by atoms with Crippen molar-refractivity contribution in [3.8, 4) is 67.8 Å². The van der Waals surface area contributed by atoms with Crippen molar-refractivity contribution >= 4 is 21.5 Å². The van der Waals surface area contributed by atoms with E-state index in [1.807, 2.05) is 60.7 Å². The molecule has 1 spiro atoms. The quantitative estimate of drug-likeness (QED) is 0.181. The zero-order chi connectivity index (χ0) is 37.5. The van der Waals surface area contributed by atoms with E-state index >= 15 is 0 Å². The second kappa shape index (κ2) is 12.2. The van der Waals surface area contributed by atoms with Gasteiger partial charge in [0.2, 0.25) is 0 Å². The first-order chi connectivity index (χ1) is 28.3. The van der Waals surface area contributed by atoms with Crippen LogP contribution in [0.15, 0.2) is 194 Å². The molecule has 2 aliphatic carbocycles. The minimum atomic E-state index is -0.459. The van der Waals surface area contributed by atoms with Crippen LogP contribution in [0.3, 0.4) is 0 Å². The van der Waals surface area contributed by atoms with Crippen LogP contribution in [0, 0.1) is 0 Å². The van der Waals surface area contributed by atoms with E-state index in [0.29, 0.717) is 17.5 Å². The highest BCUT2D eigenvalue weighted by molar-refractivity contribution is 6.07. The molecular formula is C53H32N4. The van der Waals surface area contributed by atoms with Crippen LogP contribution >= 0.6 is 0 Å². The molecule has 0 saturated carbocycles. The number of benzene rings is 8. The summed E-state index contributed by atoms with van der Waals surface area (Å²) in [5.41, 5.74) is 14.5. The van der Waals surface area contributed by atoms with Crippen LogP contribution in [0.2, 0.25) is 0 Å². The van der Waals surface area contributed by atoms with Crippen molar-refractivity contribution in [3.05, 3.63) is 216 Å². The van der Waals surface area contributed by atoms with Crippen molar-refractivity contribution in [3.63, 3.8) is 0 Å². The number of fused-ring (bicyclic) bond motifs is 13. The lowest BCUT2D eigenvalue weighted by Crippen LogP contribution is -2.26. The van der Waals surface area contributed by atoms with Gasteiger partial charge in [0, 0.05) is 38.8 Å². The van der Waals surface area contributed by atoms with E-state index in [1.54, 1.807) is 0 Å². The Kier molecular flexibility index (Phi) is 6.81. The lowest BCUT2D eigenvalue weighted by Gasteiger charge is -2.31. The van der Waals surface area contributed by atoms with Gasteiger partial charge in [0.15, 0.2) is 17.5 Å². The van der Waals surface area contributed by atoms with Gasteiger partial charge in [-0.3, -0.25) is 0 Å². The molecule has 57 heavy (non-hydrogen) atoms. The molecule has 0 radical (unpaired) electrons. The molecule has 0 atom stereocenters. The SMILES string of the molecule is c1ccc(-c2nc(-c3ccccc3)nc(-c3ccc4cc(-c5nc6c(c7ccccc57)C5(c7ccccc7-c7ccccc75)c5ccccc5-6)ccc4c3)n2)cc1. The summed E-state index contributed by atoms with van der Waals surface area (Å²) in [6.07, 6.45) is 0. The highest BCUT2D eigenvalue weighted by Crippen LogP contribution is 2.64. The van der Waals surface area contributed by atoms with Crippen molar-refractivity contribution < 1.29 is 0 Å². The molecule has 0 aliphatic heterocycles. The van der Waals surface area contributed by atoms with Crippen molar-refractivity contribution in [2.24, 2.45) is 0 Å². The highest BCUT2D eigenvalue weighted by atomic mass is 15.0. The third kappa shape index (κ3) is 4.62. The van der Waals surface area contributed by atoms with Gasteiger partial charge in [-0.15, -0.1) is 0 Å². The topological polar surface area (TPSA) is 51.6 Å². The fraction of sp³-hybridized carbons (Fsp3) is 0.0189. The van der Waals surface area contributed by atoms with Crippen molar-refractivity contribution in [2.45, 2.75) is 5.41 Å². The van der Waals surface area contributed by atoms with Gasteiger partial charge in [-0.25, -0.2) is 19.9 Å². The Balaban J connectivity index is 1.03. The third-order valence-electron chi connectivity index (χ3n) is 11.9. The zero-order valence-electron chi connectivity index (χ0n) is 30.8. The summed E-state index contributed by atoms with van der Waals surface area (Å²) in [6, 6.07) is 69.0. The molecule has 0 saturated heterocycles. The van der Waals surface area contributed by atoms with Gasteiger partial charge in [0.25, 0.3) is 0 Å². The molecule has 4 heteroatoms. The Bertz CT molecular complexity index is 3140. The molecule has 4 nitrogen and oxygen atoms in total. The largest absolute Gasteiger partial charge is 0.247 e. The van der Waals surface area contributed by atoms with E-state index in [1.165, 1.54) is 44.3 Å². The number of pyridine rings is 1. The maximum atomic E-state index is 5.68. The lowest BCUT2D eigenvalue weighted by atomic mass is 9.69. The Morgan fingerprint density at radius 3 is 1.33 bits per heavy atom. The van der Waals surface area contributed by atoms with Crippen LogP contribution in [0.25, 0.3) is 89.4 Å². The monoisotopic (exact) mass is 724 g/mol. The van der Waals surface area contributed by atoms with Gasteiger partial charge >= 0.3 is 0 Å². The summed E-state index contributed by atoms with van der Waals surface area (Å²) in [4.78, 5) is 20.5. The van der Waals surface area contributed by atoms with E-state index in [0.717, 1.165) is 49.8 Å². The summed E-state index contributed by atoms with van der Waals surface area (Å²) in [5.74, 6) is 1.94. The number of nitrogens with zero attached hydrogens (tertiary/aromatic N) is 4. The van der Waals surface area contributed by atoms with Crippen LogP contribution < -0.4 is 0 Å². The number of hydrogen-bond acceptors (Lipinski definition) is 4. The standard InChI is InChI=1S/C53H32N4/c1-3-15-33(16-4-1)50-55-51(34-17-5-2-6-18-34)57-52(56-50)38-30-28-35-31-37(29-27-36(35)32-38)48-42-22-8-7-21-41(42)47-49(54-48)43-23-11-14-26-46(43)53(47)44-24-12-9-19-39(44)40-20-10-13-25-45(40)53/h1-32H. The van der Waals surface area contributed by atoms with E-state index in [-0.39, 0.29) is 0 Å². The van der Waals surface area contributed by atoms with Gasteiger partial charge in [-0.05, 0) is 56.1 Å². The van der Waals surface area contributed by atoms with Crippen LogP contribution in [-0.4, -0.2) is 19.9 Å². The third-order valence-corrected chi connectivity index (χ3v) is 11.9. The highest BCUT2D eigenvalue weighted by Gasteiger charge is 2.53. The Morgan fingerprint density at radius 2 is 0.737 bits per heavy atom. The lowest BCUT2D eigenvalue weighted by molar-refractivity contribution is 0.799. The Morgan fingerprint density at radius 1 is 0.298 bits per heavy atom. The number of rotatable bonds is 4. The molecule has 8 aromatic carbocycles. The molecule has 2 aromatic heterocycles. The van der Waals surface area contributed by atoms with Crippen LogP contribution in [0.1, 0.15) is 22.3 Å². The molecule has 2 heterocycles. The van der Waals surface area contributed by atoms with E-state index in [4.69, 9.17) is 19.9 Å². The average molecular weight is 725 g/mol. The molecule has 0 N–H and O–H groups in total. The second-order valence-electron chi connectivity index (χ2n) is 14.9. The first-order valence-electron chi connectivity index (χ1n) is 19.4. The smallest absolute Gasteiger partial charge is 0.164 e. The van der Waals surface area contributed by atoms with E-state index < -0.39 is 5.41 Å². The molecule has 2 aliphatic rings. The predicted molar refractivity (Wildman–Crippen MR) is 231 cm³/mol. The van der Waals surface area contributed by atoms with E-state index in [2.05, 4.69) is 133 Å². The van der Waals surface area contributed by atoms with E-state index in [9.17, 15) is 0 Å². The van der Waals surface area contributed by atoms with Crippen molar-refractivity contribution in [2.75, 3.05) is 0 Å². The minimum absolute atomic E-state index is 0.459. The summed E-state index contributed by atoms with van der Waals surface area (Å²) >= 11 is 0. The van der Waals surface area contributed by atoms with Gasteiger partial charge in [0.05, 0.1) is 16.8 Å². The second-order valence-corrected chi connectivity index (χ2v) is 14.9. The number of hydrogen-bond donors (Lipinski definition) is 0. The first kappa shape index (κ1) is 31.8. The molecule has 264 valence electrons. The average Bonchev–Trinajstić information content (AvgIpc) is 3.76. The molecule has 10 aromatic rings. The molecule has 0 unspecified atom stereocenters. The molecular weight excluding hydrogens is 693 g/mol. The fourth-order valence-corrected chi connectivity index (χ4v) is 9.47. The molecule has 12 rings (SSSR count). The Labute approximate surface area is 329 Å². The van der Waals surface area contributed by atoms with Gasteiger partial charge in [-0.2, -0.15) is 0 Å². The predicted octanol–water partition coefficient (Wildman–Crippen LogP) is 12.6. The van der Waals surface area contributed by atoms with Crippen molar-refractivity contribution in [1.29, 1.82) is 0 Å². The maximum Gasteiger partial charge on any atom is 0.164 e.